The van der Waals surface area contributed by atoms with Crippen LogP contribution in [0, 0.1) is 11.8 Å². The Balaban J connectivity index is 1.68. The van der Waals surface area contributed by atoms with Gasteiger partial charge < -0.3 is 31.9 Å². The lowest BCUT2D eigenvalue weighted by Gasteiger charge is -2.45. The molecule has 1 aromatic carbocycles. The Labute approximate surface area is 192 Å². The average Bonchev–Trinajstić information content (AvgIpc) is 2.77. The fraction of sp³-hybridized carbons (Fsp3) is 0.261. The molecule has 8 N–H and O–H groups in total. The summed E-state index contributed by atoms with van der Waals surface area (Å²) in [5, 5.41) is 43.0. The maximum absolute atomic E-state index is 13.5. The number of aliphatic hydroxyl groups excluding tert-OH is 2. The minimum Gasteiger partial charge on any atom is -0.511 e. The second kappa shape index (κ2) is 7.12. The number of amides is 1. The second-order valence-electron chi connectivity index (χ2n) is 8.73. The second-order valence-corrected chi connectivity index (χ2v) is 8.73. The molecule has 5 rings (SSSR count). The lowest BCUT2D eigenvalue weighted by Crippen LogP contribution is -2.57. The summed E-state index contributed by atoms with van der Waals surface area (Å²) < 4.78 is 0. The molecular formula is C23H20N4O7. The Kier molecular flexibility index (Phi) is 4.52. The number of anilines is 1. The summed E-state index contributed by atoms with van der Waals surface area (Å²) in [4.78, 5) is 46.1. The van der Waals surface area contributed by atoms with Gasteiger partial charge in [0.15, 0.2) is 11.4 Å². The molecule has 0 spiro atoms. The third kappa shape index (κ3) is 2.76. The molecule has 3 aliphatic carbocycles. The molecule has 3 aliphatic rings. The van der Waals surface area contributed by atoms with E-state index in [-0.39, 0.29) is 42.1 Å². The van der Waals surface area contributed by atoms with Crippen LogP contribution in [0.1, 0.15) is 28.8 Å². The summed E-state index contributed by atoms with van der Waals surface area (Å²) >= 11 is 0. The molecule has 174 valence electrons. The molecule has 2 aromatic rings. The summed E-state index contributed by atoms with van der Waals surface area (Å²) in [5.74, 6) is -6.60. The van der Waals surface area contributed by atoms with Crippen molar-refractivity contribution in [2.75, 3.05) is 5.73 Å². The Morgan fingerprint density at radius 3 is 2.41 bits per heavy atom. The van der Waals surface area contributed by atoms with E-state index in [1.807, 2.05) is 0 Å². The van der Waals surface area contributed by atoms with E-state index in [0.717, 1.165) is 0 Å². The van der Waals surface area contributed by atoms with Crippen LogP contribution in [0.4, 0.5) is 5.95 Å². The van der Waals surface area contributed by atoms with Gasteiger partial charge in [-0.25, -0.2) is 9.97 Å². The third-order valence-electron chi connectivity index (χ3n) is 6.93. The van der Waals surface area contributed by atoms with Crippen molar-refractivity contribution in [3.8, 4) is 16.9 Å². The molecule has 1 aromatic heterocycles. The number of nitrogen functional groups attached to an aromatic ring is 1. The summed E-state index contributed by atoms with van der Waals surface area (Å²) in [6.45, 7) is 0. The zero-order valence-corrected chi connectivity index (χ0v) is 17.6. The number of aliphatic hydroxyl groups is 3. The van der Waals surface area contributed by atoms with Gasteiger partial charge in [-0.3, -0.25) is 14.4 Å². The van der Waals surface area contributed by atoms with Crippen molar-refractivity contribution in [2.24, 2.45) is 17.6 Å². The Hall–Kier alpha value is -4.25. The number of hydrogen-bond acceptors (Lipinski definition) is 10. The van der Waals surface area contributed by atoms with Gasteiger partial charge in [0.2, 0.25) is 11.7 Å². The predicted octanol–water partition coefficient (Wildman–Crippen LogP) is 0.620. The van der Waals surface area contributed by atoms with Crippen LogP contribution < -0.4 is 11.5 Å². The number of phenolic OH excluding ortho intramolecular Hbond substituents is 1. The number of nitrogens with zero attached hydrogens (tertiary/aromatic N) is 2. The molecule has 0 saturated heterocycles. The number of carbonyl (C=O) groups is 3. The van der Waals surface area contributed by atoms with E-state index in [1.165, 1.54) is 18.5 Å². The number of phenols is 1. The first kappa shape index (κ1) is 21.6. The Morgan fingerprint density at radius 2 is 1.76 bits per heavy atom. The van der Waals surface area contributed by atoms with Gasteiger partial charge in [0.05, 0.1) is 5.56 Å². The quantitative estimate of drug-likeness (QED) is 0.341. The van der Waals surface area contributed by atoms with Crippen molar-refractivity contribution in [3.63, 3.8) is 0 Å². The summed E-state index contributed by atoms with van der Waals surface area (Å²) in [6.07, 6.45) is 2.92. The van der Waals surface area contributed by atoms with Gasteiger partial charge in [-0.1, -0.05) is 6.07 Å². The van der Waals surface area contributed by atoms with Gasteiger partial charge in [0, 0.05) is 35.9 Å². The Morgan fingerprint density at radius 1 is 1.09 bits per heavy atom. The van der Waals surface area contributed by atoms with Crippen LogP contribution in [-0.4, -0.2) is 53.5 Å². The summed E-state index contributed by atoms with van der Waals surface area (Å²) in [5.41, 5.74) is 8.70. The molecule has 11 heteroatoms. The van der Waals surface area contributed by atoms with Crippen molar-refractivity contribution >= 4 is 23.4 Å². The first-order chi connectivity index (χ1) is 16.1. The number of benzene rings is 1. The number of allylic oxidation sites excluding steroid dienone is 2. The molecule has 0 bridgehead atoms. The molecule has 3 atom stereocenters. The van der Waals surface area contributed by atoms with Crippen molar-refractivity contribution in [3.05, 3.63) is 58.3 Å². The number of aromatic nitrogens is 2. The summed E-state index contributed by atoms with van der Waals surface area (Å²) in [6, 6.07) is 2.93. The number of carbonyl (C=O) groups excluding carboxylic acids is 3. The first-order valence-corrected chi connectivity index (χ1v) is 10.5. The molecule has 0 unspecified atom stereocenters. The Bertz CT molecular complexity index is 1360. The van der Waals surface area contributed by atoms with Crippen molar-refractivity contribution in [1.82, 2.24) is 9.97 Å². The minimum atomic E-state index is -2.59. The van der Waals surface area contributed by atoms with Gasteiger partial charge in [0.1, 0.15) is 22.8 Å². The number of primary amides is 1. The third-order valence-corrected chi connectivity index (χ3v) is 6.93. The molecule has 1 heterocycles. The lowest BCUT2D eigenvalue weighted by molar-refractivity contribution is -0.144. The van der Waals surface area contributed by atoms with Crippen LogP contribution in [0.2, 0.25) is 0 Å². The van der Waals surface area contributed by atoms with E-state index < -0.39 is 52.0 Å². The van der Waals surface area contributed by atoms with E-state index >= 15 is 0 Å². The SMILES string of the molecule is NC(=O)C1=C(O)C[C@@H]2C[C@@H]3Cc4c(-c5cnc(N)nc5)ccc(O)c4C(=O)C3=C(O)[C@]2(O)C1=O. The molecule has 0 radical (unpaired) electrons. The van der Waals surface area contributed by atoms with Crippen molar-refractivity contribution < 1.29 is 34.8 Å². The largest absolute Gasteiger partial charge is 0.511 e. The maximum atomic E-state index is 13.5. The first-order valence-electron chi connectivity index (χ1n) is 10.5. The van der Waals surface area contributed by atoms with Gasteiger partial charge in [-0.05, 0) is 36.0 Å². The van der Waals surface area contributed by atoms with Crippen LogP contribution in [0.5, 0.6) is 5.75 Å². The number of hydrogen-bond donors (Lipinski definition) is 6. The number of ketones is 2. The zero-order valence-electron chi connectivity index (χ0n) is 17.6. The van der Waals surface area contributed by atoms with E-state index in [2.05, 4.69) is 9.97 Å². The maximum Gasteiger partial charge on any atom is 0.255 e. The van der Waals surface area contributed by atoms with Crippen LogP contribution in [0.3, 0.4) is 0 Å². The van der Waals surface area contributed by atoms with Crippen LogP contribution in [0.25, 0.3) is 11.1 Å². The topological polar surface area (TPSA) is 210 Å². The van der Waals surface area contributed by atoms with Crippen LogP contribution in [0.15, 0.2) is 47.2 Å². The van der Waals surface area contributed by atoms with Gasteiger partial charge in [-0.15, -0.1) is 0 Å². The molecule has 1 amide bonds. The highest BCUT2D eigenvalue weighted by Gasteiger charge is 2.59. The lowest BCUT2D eigenvalue weighted by atomic mass is 9.60. The number of aromatic hydroxyl groups is 1. The van der Waals surface area contributed by atoms with Gasteiger partial charge >= 0.3 is 0 Å². The number of fused-ring (bicyclic) bond motifs is 3. The van der Waals surface area contributed by atoms with Crippen molar-refractivity contribution in [1.29, 1.82) is 0 Å². The fourth-order valence-electron chi connectivity index (χ4n) is 5.37. The predicted molar refractivity (Wildman–Crippen MR) is 116 cm³/mol. The highest BCUT2D eigenvalue weighted by atomic mass is 16.3. The zero-order chi connectivity index (χ0) is 24.5. The highest BCUT2D eigenvalue weighted by molar-refractivity contribution is 6.24. The van der Waals surface area contributed by atoms with E-state index in [9.17, 15) is 34.8 Å². The highest BCUT2D eigenvalue weighted by Crippen LogP contribution is 2.52. The number of nitrogens with two attached hydrogens (primary N) is 2. The molecule has 34 heavy (non-hydrogen) atoms. The minimum absolute atomic E-state index is 0.0518. The van der Waals surface area contributed by atoms with E-state index in [0.29, 0.717) is 16.7 Å². The smallest absolute Gasteiger partial charge is 0.255 e. The molecular weight excluding hydrogens is 444 g/mol. The fourth-order valence-corrected chi connectivity index (χ4v) is 5.37. The average molecular weight is 464 g/mol. The van der Waals surface area contributed by atoms with E-state index in [4.69, 9.17) is 11.5 Å². The number of rotatable bonds is 2. The van der Waals surface area contributed by atoms with Crippen molar-refractivity contribution in [2.45, 2.75) is 24.9 Å². The van der Waals surface area contributed by atoms with E-state index in [1.54, 1.807) is 6.07 Å². The molecule has 0 saturated carbocycles. The summed E-state index contributed by atoms with van der Waals surface area (Å²) in [7, 11) is 0. The molecule has 0 aliphatic heterocycles. The van der Waals surface area contributed by atoms with Crippen LogP contribution in [-0.2, 0) is 16.0 Å². The molecule has 0 fully saturated rings. The van der Waals surface area contributed by atoms with Gasteiger partial charge in [0.25, 0.3) is 5.91 Å². The normalized spacial score (nSPS) is 26.1. The van der Waals surface area contributed by atoms with Crippen LogP contribution >= 0.6 is 0 Å². The standard InChI is InChI=1S/C23H20N4O7/c24-21(33)17-14(29)5-10-3-8-4-12-11(9-6-26-22(25)27-7-9)1-2-13(28)16(12)18(30)15(8)19(31)23(10,34)20(17)32/h1-2,6-8,10,28-29,31,34H,3-5H2,(H2,24,33)(H2,25,26,27)/t8-,10+,23+/m1/s1. The number of Topliss-reactive ketones (excluding diaryl/α,β-unsaturated/α-hetero) is 2. The van der Waals surface area contributed by atoms with Gasteiger partial charge in [-0.2, -0.15) is 0 Å². The monoisotopic (exact) mass is 464 g/mol. The molecule has 11 nitrogen and oxygen atoms in total.